The molecule has 1 amide bonds. The highest BCUT2D eigenvalue weighted by Gasteiger charge is 2.27. The predicted molar refractivity (Wildman–Crippen MR) is 122 cm³/mol. The van der Waals surface area contributed by atoms with Crippen molar-refractivity contribution in [3.8, 4) is 0 Å². The van der Waals surface area contributed by atoms with Gasteiger partial charge in [0, 0.05) is 6.20 Å². The Morgan fingerprint density at radius 3 is 2.20 bits per heavy atom. The number of nitrogens with zero attached hydrogens (tertiary/aromatic N) is 3. The lowest BCUT2D eigenvalue weighted by molar-refractivity contribution is -0.122. The number of pyridine rings is 1. The average molecular weight is 417 g/mol. The summed E-state index contributed by atoms with van der Waals surface area (Å²) in [7, 11) is 0. The third-order valence-corrected chi connectivity index (χ3v) is 5.75. The number of fused-ring (bicyclic) bond motifs is 1. The van der Waals surface area contributed by atoms with Gasteiger partial charge in [0.25, 0.3) is 0 Å². The van der Waals surface area contributed by atoms with Crippen molar-refractivity contribution in [2.45, 2.75) is 18.4 Å². The van der Waals surface area contributed by atoms with Crippen LogP contribution >= 0.6 is 11.8 Å². The van der Waals surface area contributed by atoms with Gasteiger partial charge in [0.15, 0.2) is 11.5 Å². The molecule has 4 aromatic rings. The van der Waals surface area contributed by atoms with E-state index in [0.717, 1.165) is 34.8 Å². The third kappa shape index (κ3) is 4.39. The average Bonchev–Trinajstić information content (AvgIpc) is 3.22. The number of rotatable bonds is 8. The zero-order valence-corrected chi connectivity index (χ0v) is 17.6. The molecule has 2 aromatic carbocycles. The summed E-state index contributed by atoms with van der Waals surface area (Å²) < 4.78 is 1.95. The van der Waals surface area contributed by atoms with Crippen LogP contribution in [0.3, 0.4) is 0 Å². The highest BCUT2D eigenvalue weighted by Crippen LogP contribution is 2.27. The maximum Gasteiger partial charge on any atom is 0.232 e. The number of amides is 1. The fourth-order valence-electron chi connectivity index (χ4n) is 3.64. The molecule has 0 aliphatic rings. The van der Waals surface area contributed by atoms with Crippen molar-refractivity contribution >= 4 is 23.3 Å². The van der Waals surface area contributed by atoms with Crippen molar-refractivity contribution in [1.29, 1.82) is 0 Å². The zero-order valence-electron chi connectivity index (χ0n) is 16.8. The largest absolute Gasteiger partial charge is 0.345 e. The van der Waals surface area contributed by atoms with Gasteiger partial charge < -0.3 is 5.32 Å². The van der Waals surface area contributed by atoms with Crippen LogP contribution in [0.5, 0.6) is 0 Å². The second kappa shape index (κ2) is 9.59. The van der Waals surface area contributed by atoms with Crippen molar-refractivity contribution in [2.75, 3.05) is 12.0 Å². The van der Waals surface area contributed by atoms with Crippen molar-refractivity contribution < 1.29 is 4.79 Å². The highest BCUT2D eigenvalue weighted by molar-refractivity contribution is 7.98. The van der Waals surface area contributed by atoms with Crippen LogP contribution in [0.2, 0.25) is 0 Å². The molecule has 30 heavy (non-hydrogen) atoms. The maximum atomic E-state index is 13.6. The molecule has 1 N–H and O–H groups in total. The summed E-state index contributed by atoms with van der Waals surface area (Å²) in [6.07, 6.45) is 4.78. The zero-order chi connectivity index (χ0) is 20.8. The van der Waals surface area contributed by atoms with Gasteiger partial charge in [0.1, 0.15) is 0 Å². The number of hydrogen-bond acceptors (Lipinski definition) is 4. The van der Waals surface area contributed by atoms with Gasteiger partial charge >= 0.3 is 0 Å². The Bertz CT molecular complexity index is 1060. The van der Waals surface area contributed by atoms with E-state index in [-0.39, 0.29) is 17.9 Å². The summed E-state index contributed by atoms with van der Waals surface area (Å²) in [5, 5.41) is 11.9. The minimum Gasteiger partial charge on any atom is -0.345 e. The van der Waals surface area contributed by atoms with E-state index >= 15 is 0 Å². The minimum atomic E-state index is -0.386. The van der Waals surface area contributed by atoms with E-state index in [1.54, 1.807) is 11.8 Å². The molecule has 2 heterocycles. The Balaban J connectivity index is 1.67. The smallest absolute Gasteiger partial charge is 0.232 e. The predicted octanol–water partition coefficient (Wildman–Crippen LogP) is 4.47. The van der Waals surface area contributed by atoms with Crippen LogP contribution in [0.4, 0.5) is 0 Å². The Morgan fingerprint density at radius 1 is 0.933 bits per heavy atom. The van der Waals surface area contributed by atoms with Crippen molar-refractivity contribution in [3.63, 3.8) is 0 Å². The molecule has 6 heteroatoms. The normalized spacial score (nSPS) is 12.2. The maximum absolute atomic E-state index is 13.6. The van der Waals surface area contributed by atoms with Crippen molar-refractivity contribution in [1.82, 2.24) is 19.9 Å². The molecular weight excluding hydrogens is 392 g/mol. The Hall–Kier alpha value is -3.12. The van der Waals surface area contributed by atoms with Gasteiger partial charge in [0.05, 0.1) is 12.0 Å². The SMILES string of the molecule is CSCCC(NC(=O)C(c1ccccc1)c1ccccc1)c1nnc2ccccn12. The van der Waals surface area contributed by atoms with Gasteiger partial charge in [-0.1, -0.05) is 66.7 Å². The standard InChI is InChI=1S/C24H24N4OS/c1-30-17-15-20(23-27-26-21-14-8-9-16-28(21)23)25-24(29)22(18-10-4-2-5-11-18)19-12-6-3-7-13-19/h2-14,16,20,22H,15,17H2,1H3,(H,25,29). The number of carbonyl (C=O) groups is 1. The van der Waals surface area contributed by atoms with Crippen LogP contribution in [-0.4, -0.2) is 32.5 Å². The van der Waals surface area contributed by atoms with Crippen molar-refractivity contribution in [2.24, 2.45) is 0 Å². The summed E-state index contributed by atoms with van der Waals surface area (Å²) in [6.45, 7) is 0. The summed E-state index contributed by atoms with van der Waals surface area (Å²) in [4.78, 5) is 13.6. The van der Waals surface area contributed by atoms with Gasteiger partial charge in [-0.3, -0.25) is 9.20 Å². The van der Waals surface area contributed by atoms with Crippen LogP contribution in [0, 0.1) is 0 Å². The molecule has 0 saturated carbocycles. The highest BCUT2D eigenvalue weighted by atomic mass is 32.2. The van der Waals surface area contributed by atoms with E-state index in [9.17, 15) is 4.79 Å². The summed E-state index contributed by atoms with van der Waals surface area (Å²) in [5.41, 5.74) is 2.71. The molecule has 1 unspecified atom stereocenters. The second-order valence-corrected chi connectivity index (χ2v) is 8.07. The topological polar surface area (TPSA) is 59.3 Å². The number of thioether (sulfide) groups is 1. The summed E-state index contributed by atoms with van der Waals surface area (Å²) in [6, 6.07) is 25.4. The molecular formula is C24H24N4OS. The lowest BCUT2D eigenvalue weighted by Crippen LogP contribution is -2.34. The van der Waals surface area contributed by atoms with Crippen molar-refractivity contribution in [3.05, 3.63) is 102 Å². The summed E-state index contributed by atoms with van der Waals surface area (Å²) >= 11 is 1.75. The van der Waals surface area contributed by atoms with E-state index in [2.05, 4.69) is 21.8 Å². The first kappa shape index (κ1) is 20.2. The molecule has 2 aromatic heterocycles. The van der Waals surface area contributed by atoms with Crippen LogP contribution in [0.25, 0.3) is 5.65 Å². The van der Waals surface area contributed by atoms with Crippen LogP contribution in [0.1, 0.15) is 35.3 Å². The molecule has 5 nitrogen and oxygen atoms in total. The fraction of sp³-hybridized carbons (Fsp3) is 0.208. The summed E-state index contributed by atoms with van der Waals surface area (Å²) in [5.74, 6) is 1.25. The molecule has 1 atom stereocenters. The van der Waals surface area contributed by atoms with E-state index in [0.29, 0.717) is 0 Å². The molecule has 0 bridgehead atoms. The first-order valence-corrected chi connectivity index (χ1v) is 11.4. The van der Waals surface area contributed by atoms with E-state index in [1.165, 1.54) is 0 Å². The van der Waals surface area contributed by atoms with Gasteiger partial charge in [-0.25, -0.2) is 0 Å². The molecule has 0 saturated heterocycles. The lowest BCUT2D eigenvalue weighted by atomic mass is 9.90. The lowest BCUT2D eigenvalue weighted by Gasteiger charge is -2.22. The van der Waals surface area contributed by atoms with Crippen LogP contribution in [-0.2, 0) is 4.79 Å². The van der Waals surface area contributed by atoms with E-state index in [4.69, 9.17) is 0 Å². The molecule has 0 spiro atoms. The Morgan fingerprint density at radius 2 is 1.57 bits per heavy atom. The number of nitrogens with one attached hydrogen (secondary N) is 1. The Kier molecular flexibility index (Phi) is 6.44. The Labute approximate surface area is 180 Å². The van der Waals surface area contributed by atoms with Gasteiger partial charge in [-0.15, -0.1) is 10.2 Å². The molecule has 0 aliphatic carbocycles. The molecule has 0 fully saturated rings. The van der Waals surface area contributed by atoms with Gasteiger partial charge in [0.2, 0.25) is 5.91 Å². The molecule has 152 valence electrons. The molecule has 0 radical (unpaired) electrons. The first-order chi connectivity index (χ1) is 14.8. The van der Waals surface area contributed by atoms with Gasteiger partial charge in [-0.2, -0.15) is 11.8 Å². The monoisotopic (exact) mass is 416 g/mol. The number of carbonyl (C=O) groups excluding carboxylic acids is 1. The number of benzene rings is 2. The van der Waals surface area contributed by atoms with Gasteiger partial charge in [-0.05, 0) is 41.7 Å². The second-order valence-electron chi connectivity index (χ2n) is 7.08. The van der Waals surface area contributed by atoms with E-state index in [1.807, 2.05) is 89.5 Å². The molecule has 0 aliphatic heterocycles. The number of aromatic nitrogens is 3. The number of hydrogen-bond donors (Lipinski definition) is 1. The van der Waals surface area contributed by atoms with E-state index < -0.39 is 0 Å². The third-order valence-electron chi connectivity index (χ3n) is 5.11. The molecule has 4 rings (SSSR count). The quantitative estimate of drug-likeness (QED) is 0.460. The minimum absolute atomic E-state index is 0.0359. The first-order valence-electron chi connectivity index (χ1n) is 9.97. The van der Waals surface area contributed by atoms with Crippen LogP contribution < -0.4 is 5.32 Å². The fourth-order valence-corrected chi connectivity index (χ4v) is 4.11. The van der Waals surface area contributed by atoms with Crippen LogP contribution in [0.15, 0.2) is 85.1 Å².